The molecule has 0 aliphatic carbocycles. The predicted molar refractivity (Wildman–Crippen MR) is 101 cm³/mol. The molecule has 1 N–H and O–H groups in total. The molecule has 142 valence electrons. The highest BCUT2D eigenvalue weighted by molar-refractivity contribution is 6.04. The Hall–Kier alpha value is -3.22. The van der Waals surface area contributed by atoms with Gasteiger partial charge in [-0.05, 0) is 6.08 Å². The van der Waals surface area contributed by atoms with E-state index in [0.29, 0.717) is 5.56 Å². The predicted octanol–water partition coefficient (Wildman–Crippen LogP) is 2.90. The van der Waals surface area contributed by atoms with Crippen LogP contribution in [-0.4, -0.2) is 30.6 Å². The van der Waals surface area contributed by atoms with Crippen molar-refractivity contribution in [1.29, 1.82) is 0 Å². The number of carbonyl (C=O) groups is 2. The maximum atomic E-state index is 12.2. The lowest BCUT2D eigenvalue weighted by Gasteiger charge is -2.37. The molecule has 0 bridgehead atoms. The minimum Gasteiger partial charge on any atom is -0.452 e. The summed E-state index contributed by atoms with van der Waals surface area (Å²) in [6.45, 7) is 0.252. The molecule has 0 spiro atoms. The molecule has 4 rings (SSSR count). The average Bonchev–Trinajstić information content (AvgIpc) is 2.75. The molecule has 2 heterocycles. The molecule has 1 fully saturated rings. The van der Waals surface area contributed by atoms with Gasteiger partial charge in [-0.2, -0.15) is 0 Å². The fourth-order valence-electron chi connectivity index (χ4n) is 3.03. The summed E-state index contributed by atoms with van der Waals surface area (Å²) in [4.78, 5) is 24.3. The number of carbonyl (C=O) groups excluding carboxylic acids is 2. The summed E-state index contributed by atoms with van der Waals surface area (Å²) in [6.07, 6.45) is 3.02. The minimum atomic E-state index is -0.521. The lowest BCUT2D eigenvalue weighted by Crippen LogP contribution is -2.46. The first-order chi connectivity index (χ1) is 13.7. The maximum Gasteiger partial charge on any atom is 0.354 e. The third-order valence-electron chi connectivity index (χ3n) is 4.47. The number of nitrogens with one attached hydrogen (secondary N) is 1. The molecule has 6 heteroatoms. The molecule has 2 aromatic rings. The fraction of sp³-hybridized carbons (Fsp3) is 0.182. The second-order valence-corrected chi connectivity index (χ2v) is 6.41. The smallest absolute Gasteiger partial charge is 0.354 e. The molecule has 2 aliphatic heterocycles. The van der Waals surface area contributed by atoms with Gasteiger partial charge in [0.2, 0.25) is 0 Å². The summed E-state index contributed by atoms with van der Waals surface area (Å²) < 4.78 is 17.0. The van der Waals surface area contributed by atoms with Crippen LogP contribution in [0.25, 0.3) is 0 Å². The Labute approximate surface area is 162 Å². The molecule has 0 aromatic heterocycles. The highest BCUT2D eigenvalue weighted by atomic mass is 16.7. The van der Waals surface area contributed by atoms with E-state index in [1.165, 1.54) is 12.3 Å². The highest BCUT2D eigenvalue weighted by Crippen LogP contribution is 2.30. The van der Waals surface area contributed by atoms with E-state index in [1.54, 1.807) is 30.3 Å². The van der Waals surface area contributed by atoms with Gasteiger partial charge in [0.05, 0.1) is 6.61 Å². The average molecular weight is 377 g/mol. The van der Waals surface area contributed by atoms with Crippen molar-refractivity contribution in [2.75, 3.05) is 6.61 Å². The van der Waals surface area contributed by atoms with Crippen molar-refractivity contribution in [2.45, 2.75) is 18.5 Å². The molecule has 3 atom stereocenters. The number of allylic oxidation sites excluding steroid dienone is 1. The first-order valence-corrected chi connectivity index (χ1v) is 8.98. The first-order valence-electron chi connectivity index (χ1n) is 8.98. The number of hydrogen-bond acceptors (Lipinski definition) is 6. The quantitative estimate of drug-likeness (QED) is 0.491. The summed E-state index contributed by atoms with van der Waals surface area (Å²) in [5.74, 6) is -0.675. The molecule has 0 unspecified atom stereocenters. The Morgan fingerprint density at radius 1 is 1.04 bits per heavy atom. The summed E-state index contributed by atoms with van der Waals surface area (Å²) in [6, 6.07) is 18.5. The third-order valence-corrected chi connectivity index (χ3v) is 4.47. The monoisotopic (exact) mass is 377 g/mol. The molecule has 28 heavy (non-hydrogen) atoms. The van der Waals surface area contributed by atoms with E-state index in [1.807, 2.05) is 36.4 Å². The molecule has 0 saturated carbocycles. The molecule has 1 saturated heterocycles. The number of benzene rings is 2. The van der Waals surface area contributed by atoms with Crippen LogP contribution >= 0.6 is 0 Å². The Bertz CT molecular complexity index is 907. The van der Waals surface area contributed by atoms with E-state index >= 15 is 0 Å². The van der Waals surface area contributed by atoms with Crippen LogP contribution in [0.1, 0.15) is 22.2 Å². The highest BCUT2D eigenvalue weighted by Gasteiger charge is 2.38. The summed E-state index contributed by atoms with van der Waals surface area (Å²) in [5.41, 5.74) is 1.69. The van der Waals surface area contributed by atoms with Crippen molar-refractivity contribution in [1.82, 2.24) is 5.32 Å². The van der Waals surface area contributed by atoms with Crippen molar-refractivity contribution in [3.05, 3.63) is 95.8 Å². The third kappa shape index (κ3) is 4.03. The van der Waals surface area contributed by atoms with E-state index in [4.69, 9.17) is 14.2 Å². The van der Waals surface area contributed by atoms with Gasteiger partial charge in [-0.25, -0.2) is 4.79 Å². The van der Waals surface area contributed by atoms with Crippen LogP contribution in [0.2, 0.25) is 0 Å². The van der Waals surface area contributed by atoms with Crippen molar-refractivity contribution < 1.29 is 23.8 Å². The van der Waals surface area contributed by atoms with E-state index in [0.717, 1.165) is 5.56 Å². The van der Waals surface area contributed by atoms with E-state index < -0.39 is 24.5 Å². The normalized spacial score (nSPS) is 24.2. The van der Waals surface area contributed by atoms with Crippen LogP contribution in [0.5, 0.6) is 0 Å². The molecule has 2 aliphatic rings. The minimum absolute atomic E-state index is 0.165. The van der Waals surface area contributed by atoms with Gasteiger partial charge in [0.25, 0.3) is 0 Å². The van der Waals surface area contributed by atoms with Crippen LogP contribution in [0.15, 0.2) is 84.7 Å². The molecule has 6 nitrogen and oxygen atoms in total. The number of hydrogen-bond donors (Lipinski definition) is 1. The van der Waals surface area contributed by atoms with Crippen LogP contribution < -0.4 is 5.32 Å². The van der Waals surface area contributed by atoms with Crippen LogP contribution in [0, 0.1) is 0 Å². The molecule has 0 radical (unpaired) electrons. The Morgan fingerprint density at radius 3 is 2.50 bits per heavy atom. The van der Waals surface area contributed by atoms with Gasteiger partial charge in [-0.3, -0.25) is 4.79 Å². The number of fused-ring (bicyclic) bond motifs is 1. The summed E-state index contributed by atoms with van der Waals surface area (Å²) in [5, 5.41) is 2.82. The van der Waals surface area contributed by atoms with Crippen LogP contribution in [-0.2, 0) is 19.0 Å². The SMILES string of the molecule is O=C1O[C@@H]2CO[C@H](c3ccccc3)O[C@H]2C=C1N/C=C\C(=O)c1ccccc1. The summed E-state index contributed by atoms with van der Waals surface area (Å²) in [7, 11) is 0. The second-order valence-electron chi connectivity index (χ2n) is 6.41. The Kier molecular flexibility index (Phi) is 5.32. The molecular formula is C22H19NO5. The van der Waals surface area contributed by atoms with Crippen molar-refractivity contribution >= 4 is 11.8 Å². The van der Waals surface area contributed by atoms with Gasteiger partial charge < -0.3 is 19.5 Å². The van der Waals surface area contributed by atoms with Crippen molar-refractivity contribution in [2.24, 2.45) is 0 Å². The zero-order valence-electron chi connectivity index (χ0n) is 15.0. The van der Waals surface area contributed by atoms with E-state index in [2.05, 4.69) is 5.32 Å². The second kappa shape index (κ2) is 8.21. The largest absolute Gasteiger partial charge is 0.452 e. The summed E-state index contributed by atoms with van der Waals surface area (Å²) >= 11 is 0. The van der Waals surface area contributed by atoms with Crippen molar-refractivity contribution in [3.63, 3.8) is 0 Å². The van der Waals surface area contributed by atoms with Gasteiger partial charge in [-0.15, -0.1) is 0 Å². The van der Waals surface area contributed by atoms with Gasteiger partial charge in [0.15, 0.2) is 18.2 Å². The Morgan fingerprint density at radius 2 is 1.75 bits per heavy atom. The van der Waals surface area contributed by atoms with Crippen LogP contribution in [0.3, 0.4) is 0 Å². The zero-order chi connectivity index (χ0) is 19.3. The topological polar surface area (TPSA) is 73.9 Å². The van der Waals surface area contributed by atoms with Gasteiger partial charge in [-0.1, -0.05) is 60.7 Å². The molecule has 2 aromatic carbocycles. The lowest BCUT2D eigenvalue weighted by atomic mass is 10.1. The van der Waals surface area contributed by atoms with Gasteiger partial charge in [0, 0.05) is 23.4 Å². The van der Waals surface area contributed by atoms with E-state index in [-0.39, 0.29) is 18.1 Å². The van der Waals surface area contributed by atoms with Gasteiger partial charge >= 0.3 is 5.97 Å². The van der Waals surface area contributed by atoms with Crippen molar-refractivity contribution in [3.8, 4) is 0 Å². The van der Waals surface area contributed by atoms with Gasteiger partial charge in [0.1, 0.15) is 11.8 Å². The number of rotatable bonds is 5. The molecular weight excluding hydrogens is 358 g/mol. The lowest BCUT2D eigenvalue weighted by molar-refractivity contribution is -0.252. The zero-order valence-corrected chi connectivity index (χ0v) is 15.0. The number of esters is 1. The van der Waals surface area contributed by atoms with Crippen LogP contribution in [0.4, 0.5) is 0 Å². The number of ether oxygens (including phenoxy) is 3. The standard InChI is InChI=1S/C22H19NO5/c24-18(15-7-3-1-4-8-15)11-12-23-17-13-19-20(27-21(17)25)14-26-22(28-19)16-9-5-2-6-10-16/h1-13,19-20,22-23H,14H2/b12-11-/t19-,20+,22-/m0/s1. The fourth-order valence-corrected chi connectivity index (χ4v) is 3.03. The maximum absolute atomic E-state index is 12.2. The number of ketones is 1. The molecule has 0 amide bonds. The first kappa shape index (κ1) is 18.2. The van der Waals surface area contributed by atoms with E-state index in [9.17, 15) is 9.59 Å². The Balaban J connectivity index is 1.43.